The van der Waals surface area contributed by atoms with Crippen LogP contribution in [0.3, 0.4) is 0 Å². The third kappa shape index (κ3) is 2.92. The molecular weight excluding hydrogens is 252 g/mol. The Kier molecular flexibility index (Phi) is 3.99. The molecule has 0 saturated carbocycles. The molecule has 0 aromatic carbocycles. The number of thiazole rings is 1. The van der Waals surface area contributed by atoms with Gasteiger partial charge in [-0.25, -0.2) is 4.98 Å². The molecule has 1 aromatic heterocycles. The third-order valence-electron chi connectivity index (χ3n) is 2.33. The Morgan fingerprint density at radius 1 is 1.53 bits per heavy atom. The fourth-order valence-corrected chi connectivity index (χ4v) is 3.66. The van der Waals surface area contributed by atoms with E-state index in [-0.39, 0.29) is 0 Å². The number of rotatable bonds is 2. The quantitative estimate of drug-likeness (QED) is 0.765. The predicted molar refractivity (Wildman–Crippen MR) is 66.4 cm³/mol. The second kappa shape index (κ2) is 5.27. The van der Waals surface area contributed by atoms with Gasteiger partial charge in [0.05, 0.1) is 5.88 Å². The van der Waals surface area contributed by atoms with Crippen molar-refractivity contribution in [2.45, 2.75) is 12.3 Å². The van der Waals surface area contributed by atoms with E-state index in [1.807, 2.05) is 6.20 Å². The summed E-state index contributed by atoms with van der Waals surface area (Å²) in [6.07, 6.45) is 2.82. The number of hydrogen-bond donors (Lipinski definition) is 0. The summed E-state index contributed by atoms with van der Waals surface area (Å²) in [4.78, 5) is 7.65. The van der Waals surface area contributed by atoms with E-state index in [1.54, 1.807) is 11.3 Å². The number of anilines is 1. The van der Waals surface area contributed by atoms with Gasteiger partial charge < -0.3 is 4.90 Å². The van der Waals surface area contributed by atoms with Crippen LogP contribution in [0.5, 0.6) is 0 Å². The zero-order valence-corrected chi connectivity index (χ0v) is 10.7. The minimum Gasteiger partial charge on any atom is -0.347 e. The second-order valence-corrected chi connectivity index (χ2v) is 6.49. The largest absolute Gasteiger partial charge is 0.347 e. The van der Waals surface area contributed by atoms with Gasteiger partial charge in [-0.05, 0) is 6.42 Å². The van der Waals surface area contributed by atoms with E-state index in [4.69, 9.17) is 11.6 Å². The smallest absolute Gasteiger partial charge is 0.185 e. The zero-order chi connectivity index (χ0) is 10.7. The lowest BCUT2D eigenvalue weighted by Gasteiger charge is -2.17. The van der Waals surface area contributed by atoms with Crippen LogP contribution in [-0.4, -0.2) is 33.8 Å². The zero-order valence-electron chi connectivity index (χ0n) is 8.32. The first-order valence-electron chi connectivity index (χ1n) is 4.90. The van der Waals surface area contributed by atoms with Crippen LogP contribution < -0.4 is 4.90 Å². The summed E-state index contributed by atoms with van der Waals surface area (Å²) >= 11 is 7.37. The van der Waals surface area contributed by atoms with Gasteiger partial charge in [-0.2, -0.15) is 0 Å². The molecule has 0 aliphatic carbocycles. The summed E-state index contributed by atoms with van der Waals surface area (Å²) in [5.74, 6) is 2.11. The highest BCUT2D eigenvalue weighted by molar-refractivity contribution is 7.85. The van der Waals surface area contributed by atoms with Crippen molar-refractivity contribution in [1.82, 2.24) is 4.98 Å². The van der Waals surface area contributed by atoms with E-state index < -0.39 is 10.8 Å². The first-order valence-corrected chi connectivity index (χ1v) is 7.74. The van der Waals surface area contributed by atoms with Gasteiger partial charge >= 0.3 is 0 Å². The van der Waals surface area contributed by atoms with Crippen LogP contribution in [0.15, 0.2) is 6.20 Å². The molecule has 3 nitrogen and oxygen atoms in total. The normalized spacial score (nSPS) is 22.7. The molecule has 1 aromatic rings. The van der Waals surface area contributed by atoms with Crippen molar-refractivity contribution in [3.05, 3.63) is 11.1 Å². The van der Waals surface area contributed by atoms with Crippen LogP contribution in [0, 0.1) is 0 Å². The molecule has 0 spiro atoms. The van der Waals surface area contributed by atoms with E-state index in [2.05, 4.69) is 9.88 Å². The summed E-state index contributed by atoms with van der Waals surface area (Å²) in [6, 6.07) is 0. The van der Waals surface area contributed by atoms with E-state index in [9.17, 15) is 4.21 Å². The molecule has 0 radical (unpaired) electrons. The van der Waals surface area contributed by atoms with Crippen molar-refractivity contribution < 1.29 is 4.21 Å². The third-order valence-corrected chi connectivity index (χ3v) is 5.22. The van der Waals surface area contributed by atoms with Crippen LogP contribution in [-0.2, 0) is 16.7 Å². The van der Waals surface area contributed by atoms with Gasteiger partial charge in [-0.15, -0.1) is 22.9 Å². The van der Waals surface area contributed by atoms with Gasteiger partial charge in [0, 0.05) is 46.5 Å². The molecule has 1 aliphatic heterocycles. The average Bonchev–Trinajstić information content (AvgIpc) is 2.62. The Hall–Kier alpha value is -0.130. The molecule has 0 bridgehead atoms. The van der Waals surface area contributed by atoms with Crippen molar-refractivity contribution in [1.29, 1.82) is 0 Å². The second-order valence-electron chi connectivity index (χ2n) is 3.43. The molecule has 1 fully saturated rings. The van der Waals surface area contributed by atoms with E-state index in [0.29, 0.717) is 5.88 Å². The summed E-state index contributed by atoms with van der Waals surface area (Å²) in [6.45, 7) is 1.81. The molecule has 1 atom stereocenters. The maximum absolute atomic E-state index is 11.4. The minimum atomic E-state index is -0.638. The van der Waals surface area contributed by atoms with Crippen LogP contribution in [0.4, 0.5) is 5.13 Å². The molecule has 84 valence electrons. The summed E-state index contributed by atoms with van der Waals surface area (Å²) in [5.41, 5.74) is 0. The summed E-state index contributed by atoms with van der Waals surface area (Å²) < 4.78 is 11.4. The van der Waals surface area contributed by atoms with Gasteiger partial charge in [0.25, 0.3) is 0 Å². The van der Waals surface area contributed by atoms with Gasteiger partial charge in [0.15, 0.2) is 5.13 Å². The number of hydrogen-bond acceptors (Lipinski definition) is 4. The van der Waals surface area contributed by atoms with E-state index in [1.165, 1.54) is 0 Å². The molecule has 0 amide bonds. The van der Waals surface area contributed by atoms with Gasteiger partial charge in [-0.3, -0.25) is 4.21 Å². The van der Waals surface area contributed by atoms with Crippen molar-refractivity contribution in [2.75, 3.05) is 29.5 Å². The molecule has 2 rings (SSSR count). The first kappa shape index (κ1) is 11.4. The van der Waals surface area contributed by atoms with Gasteiger partial charge in [0.1, 0.15) is 0 Å². The molecule has 15 heavy (non-hydrogen) atoms. The molecule has 1 aliphatic rings. The molecular formula is C9H13ClN2OS2. The summed E-state index contributed by atoms with van der Waals surface area (Å²) in [5, 5.41) is 1.02. The number of nitrogens with zero attached hydrogens (tertiary/aromatic N) is 2. The Bertz CT molecular complexity index is 356. The van der Waals surface area contributed by atoms with Crippen LogP contribution >= 0.6 is 22.9 Å². The standard InChI is InChI=1S/C9H13ClN2OS2/c10-6-8-7-11-9(14-8)12-2-1-4-15(13)5-3-12/h7H,1-6H2. The maximum Gasteiger partial charge on any atom is 0.185 e. The maximum atomic E-state index is 11.4. The van der Waals surface area contributed by atoms with Crippen molar-refractivity contribution in [2.24, 2.45) is 0 Å². The minimum absolute atomic E-state index is 0.525. The Morgan fingerprint density at radius 2 is 2.40 bits per heavy atom. The molecule has 0 N–H and O–H groups in total. The Morgan fingerprint density at radius 3 is 3.13 bits per heavy atom. The average molecular weight is 265 g/mol. The highest BCUT2D eigenvalue weighted by atomic mass is 35.5. The highest BCUT2D eigenvalue weighted by Gasteiger charge is 2.15. The number of alkyl halides is 1. The monoisotopic (exact) mass is 264 g/mol. The van der Waals surface area contributed by atoms with Crippen molar-refractivity contribution >= 4 is 38.9 Å². The first-order chi connectivity index (χ1) is 7.29. The fourth-order valence-electron chi connectivity index (χ4n) is 1.54. The van der Waals surface area contributed by atoms with E-state index in [0.717, 1.165) is 41.0 Å². The van der Waals surface area contributed by atoms with Gasteiger partial charge in [-0.1, -0.05) is 0 Å². The Balaban J connectivity index is 2.06. The van der Waals surface area contributed by atoms with E-state index >= 15 is 0 Å². The van der Waals surface area contributed by atoms with Gasteiger partial charge in [0.2, 0.25) is 0 Å². The van der Waals surface area contributed by atoms with Crippen molar-refractivity contribution in [3.8, 4) is 0 Å². The molecule has 2 heterocycles. The molecule has 1 saturated heterocycles. The Labute approximate surface area is 101 Å². The number of halogens is 1. The lowest BCUT2D eigenvalue weighted by atomic mass is 10.4. The van der Waals surface area contributed by atoms with Crippen LogP contribution in [0.1, 0.15) is 11.3 Å². The fraction of sp³-hybridized carbons (Fsp3) is 0.667. The molecule has 6 heteroatoms. The van der Waals surface area contributed by atoms with Crippen LogP contribution in [0.2, 0.25) is 0 Å². The van der Waals surface area contributed by atoms with Crippen LogP contribution in [0.25, 0.3) is 0 Å². The lowest BCUT2D eigenvalue weighted by Crippen LogP contribution is -2.25. The topological polar surface area (TPSA) is 33.2 Å². The number of aromatic nitrogens is 1. The van der Waals surface area contributed by atoms with Crippen molar-refractivity contribution in [3.63, 3.8) is 0 Å². The lowest BCUT2D eigenvalue weighted by molar-refractivity contribution is 0.683. The molecule has 1 unspecified atom stereocenters. The predicted octanol–water partition coefficient (Wildman–Crippen LogP) is 1.84. The summed E-state index contributed by atoms with van der Waals surface area (Å²) in [7, 11) is -0.638. The highest BCUT2D eigenvalue weighted by Crippen LogP contribution is 2.24. The SMILES string of the molecule is O=S1CCCN(c2ncc(CCl)s2)CC1.